The highest BCUT2D eigenvalue weighted by Gasteiger charge is 2.39. The molecule has 41 heavy (non-hydrogen) atoms. The van der Waals surface area contributed by atoms with Crippen molar-refractivity contribution in [3.05, 3.63) is 64.3 Å². The lowest BCUT2D eigenvalue weighted by Gasteiger charge is -2.21. The molecule has 1 atom stereocenters. The van der Waals surface area contributed by atoms with Crippen LogP contribution in [0.15, 0.2) is 43.0 Å². The maximum atomic E-state index is 12.1. The molecule has 1 aromatic carbocycles. The van der Waals surface area contributed by atoms with Gasteiger partial charge in [0.25, 0.3) is 0 Å². The van der Waals surface area contributed by atoms with Crippen LogP contribution in [0.2, 0.25) is 10.0 Å². The number of imidazole rings is 1. The summed E-state index contributed by atoms with van der Waals surface area (Å²) in [6, 6.07) is 5.51. The molecule has 0 radical (unpaired) electrons. The number of aromatic nitrogens is 7. The maximum absolute atomic E-state index is 12.1. The average Bonchev–Trinajstić information content (AvgIpc) is 3.67. The summed E-state index contributed by atoms with van der Waals surface area (Å²) >= 11 is 12.2. The van der Waals surface area contributed by atoms with E-state index >= 15 is 0 Å². The van der Waals surface area contributed by atoms with Gasteiger partial charge < -0.3 is 19.9 Å². The zero-order chi connectivity index (χ0) is 29.2. The van der Waals surface area contributed by atoms with Crippen LogP contribution < -0.4 is 10.2 Å². The molecule has 0 saturated carbocycles. The Balaban J connectivity index is 1.15. The Hall–Kier alpha value is -3.70. The second kappa shape index (κ2) is 11.7. The number of halogens is 2. The van der Waals surface area contributed by atoms with E-state index in [9.17, 15) is 4.79 Å². The minimum Gasteiger partial charge on any atom is -0.442 e. The van der Waals surface area contributed by atoms with Crippen molar-refractivity contribution in [1.29, 1.82) is 0 Å². The number of H-pyrrole nitrogens is 1. The smallest absolute Gasteiger partial charge is 0.313 e. The van der Waals surface area contributed by atoms with Gasteiger partial charge in [0.15, 0.2) is 6.73 Å². The average molecular weight is 599 g/mol. The van der Waals surface area contributed by atoms with E-state index in [-0.39, 0.29) is 18.1 Å². The van der Waals surface area contributed by atoms with E-state index in [1.165, 1.54) is 0 Å². The van der Waals surface area contributed by atoms with Crippen LogP contribution in [0.4, 0.5) is 11.9 Å². The summed E-state index contributed by atoms with van der Waals surface area (Å²) in [7, 11) is 0. The molecule has 4 heterocycles. The number of rotatable bonds is 9. The Bertz CT molecular complexity index is 1490. The molecule has 1 saturated heterocycles. The van der Waals surface area contributed by atoms with Crippen molar-refractivity contribution in [2.24, 2.45) is 5.41 Å². The Kier molecular flexibility index (Phi) is 8.19. The highest BCUT2D eigenvalue weighted by molar-refractivity contribution is 6.34. The van der Waals surface area contributed by atoms with Gasteiger partial charge in [-0.25, -0.2) is 19.6 Å². The molecule has 1 aliphatic heterocycles. The summed E-state index contributed by atoms with van der Waals surface area (Å²) in [6.07, 6.45) is 8.80. The number of anilines is 2. The van der Waals surface area contributed by atoms with E-state index < -0.39 is 5.41 Å². The third kappa shape index (κ3) is 6.97. The molecule has 0 amide bonds. The predicted octanol–water partition coefficient (Wildman–Crippen LogP) is 5.13. The van der Waals surface area contributed by atoms with Gasteiger partial charge in [-0.15, -0.1) is 5.10 Å². The molecule has 4 aromatic rings. The standard InChI is InChI=1S/C28H33Cl2N9O2/c1-27(2,3)24(40)41-17-39-15-23(36-37-39)28(4)6-8-38(16-28)26-34-14-22(35-26)19-12-32-25(33-13-19)31-7-5-18-9-20(29)11-21(30)10-18/h9-15H,5-8,16-17H2,1-4H3,(H,34,35)(H,31,32,33). The van der Waals surface area contributed by atoms with Crippen LogP contribution in [0.3, 0.4) is 0 Å². The SMILES string of the molecule is CC(C)(C)C(=O)OCn1cc(C2(C)CCN(c3ncc(-c4cnc(NCCc5cc(Cl)cc(Cl)c5)nc4)[nH]3)C2)nn1. The minimum atomic E-state index is -0.567. The van der Waals surface area contributed by atoms with E-state index in [1.54, 1.807) is 29.3 Å². The third-order valence-corrected chi connectivity index (χ3v) is 7.45. The molecular formula is C28H33Cl2N9O2. The highest BCUT2D eigenvalue weighted by atomic mass is 35.5. The molecule has 13 heteroatoms. The molecule has 11 nitrogen and oxygen atoms in total. The largest absolute Gasteiger partial charge is 0.442 e. The molecule has 1 fully saturated rings. The third-order valence-electron chi connectivity index (χ3n) is 7.01. The Morgan fingerprint density at radius 1 is 1.12 bits per heavy atom. The summed E-state index contributed by atoms with van der Waals surface area (Å²) in [5.74, 6) is 1.04. The molecule has 0 bridgehead atoms. The first kappa shape index (κ1) is 28.8. The van der Waals surface area contributed by atoms with Crippen LogP contribution in [0.5, 0.6) is 0 Å². The lowest BCUT2D eigenvalue weighted by molar-refractivity contribution is -0.157. The van der Waals surface area contributed by atoms with E-state index in [0.717, 1.165) is 54.4 Å². The number of aromatic amines is 1. The van der Waals surface area contributed by atoms with Gasteiger partial charge in [0.2, 0.25) is 11.9 Å². The Labute approximate surface area is 248 Å². The molecule has 0 aliphatic carbocycles. The van der Waals surface area contributed by atoms with Gasteiger partial charge in [-0.2, -0.15) is 0 Å². The zero-order valence-corrected chi connectivity index (χ0v) is 25.0. The number of ether oxygens (including phenoxy) is 1. The van der Waals surface area contributed by atoms with E-state index in [1.807, 2.05) is 39.1 Å². The number of benzene rings is 1. The second-order valence-corrected chi connectivity index (χ2v) is 12.4. The van der Waals surface area contributed by atoms with Crippen LogP contribution in [0, 0.1) is 5.41 Å². The molecule has 216 valence electrons. The monoisotopic (exact) mass is 597 g/mol. The first-order valence-electron chi connectivity index (χ1n) is 13.4. The number of hydrogen-bond donors (Lipinski definition) is 2. The molecular weight excluding hydrogens is 565 g/mol. The van der Waals surface area contributed by atoms with Crippen LogP contribution in [-0.2, 0) is 28.1 Å². The van der Waals surface area contributed by atoms with Crippen molar-refractivity contribution >= 4 is 41.1 Å². The summed E-state index contributed by atoms with van der Waals surface area (Å²) in [5, 5.41) is 13.0. The lowest BCUT2D eigenvalue weighted by Crippen LogP contribution is -2.29. The summed E-state index contributed by atoms with van der Waals surface area (Å²) < 4.78 is 6.92. The number of nitrogens with one attached hydrogen (secondary N) is 2. The van der Waals surface area contributed by atoms with Crippen molar-refractivity contribution in [3.63, 3.8) is 0 Å². The van der Waals surface area contributed by atoms with Crippen LogP contribution in [0.25, 0.3) is 11.3 Å². The van der Waals surface area contributed by atoms with Gasteiger partial charge in [-0.1, -0.05) is 35.3 Å². The molecule has 1 aliphatic rings. The van der Waals surface area contributed by atoms with Crippen LogP contribution in [-0.4, -0.2) is 60.5 Å². The Morgan fingerprint density at radius 3 is 2.56 bits per heavy atom. The van der Waals surface area contributed by atoms with E-state index in [2.05, 4.69) is 47.4 Å². The van der Waals surface area contributed by atoms with Crippen molar-refractivity contribution in [2.45, 2.75) is 52.7 Å². The van der Waals surface area contributed by atoms with Gasteiger partial charge in [0.05, 0.1) is 29.2 Å². The van der Waals surface area contributed by atoms with Gasteiger partial charge in [0, 0.05) is 53.1 Å². The fourth-order valence-corrected chi connectivity index (χ4v) is 5.15. The molecule has 1 unspecified atom stereocenters. The quantitative estimate of drug-likeness (QED) is 0.252. The van der Waals surface area contributed by atoms with Gasteiger partial charge in [0.1, 0.15) is 0 Å². The molecule has 3 aromatic heterocycles. The zero-order valence-electron chi connectivity index (χ0n) is 23.5. The summed E-state index contributed by atoms with van der Waals surface area (Å²) in [6.45, 7) is 9.83. The molecule has 0 spiro atoms. The highest BCUT2D eigenvalue weighted by Crippen LogP contribution is 2.35. The fourth-order valence-electron chi connectivity index (χ4n) is 4.58. The number of nitrogens with zero attached hydrogens (tertiary/aromatic N) is 7. The van der Waals surface area contributed by atoms with Crippen molar-refractivity contribution in [2.75, 3.05) is 29.9 Å². The number of hydrogen-bond acceptors (Lipinski definition) is 9. The predicted molar refractivity (Wildman–Crippen MR) is 158 cm³/mol. The molecule has 2 N–H and O–H groups in total. The summed E-state index contributed by atoms with van der Waals surface area (Å²) in [4.78, 5) is 31.2. The fraction of sp³-hybridized carbons (Fsp3) is 0.429. The van der Waals surface area contributed by atoms with Crippen LogP contribution in [0.1, 0.15) is 45.4 Å². The lowest BCUT2D eigenvalue weighted by atomic mass is 9.86. The van der Waals surface area contributed by atoms with Crippen molar-refractivity contribution in [1.82, 2.24) is 34.9 Å². The maximum Gasteiger partial charge on any atom is 0.313 e. The summed E-state index contributed by atoms with van der Waals surface area (Å²) in [5.41, 5.74) is 2.79. The van der Waals surface area contributed by atoms with E-state index in [4.69, 9.17) is 27.9 Å². The van der Waals surface area contributed by atoms with Crippen molar-refractivity contribution < 1.29 is 9.53 Å². The molecule has 5 rings (SSSR count). The van der Waals surface area contributed by atoms with Gasteiger partial charge in [-0.3, -0.25) is 4.79 Å². The Morgan fingerprint density at radius 2 is 1.85 bits per heavy atom. The second-order valence-electron chi connectivity index (χ2n) is 11.6. The first-order chi connectivity index (χ1) is 19.5. The topological polar surface area (TPSA) is 127 Å². The number of esters is 1. The van der Waals surface area contributed by atoms with Gasteiger partial charge >= 0.3 is 5.97 Å². The van der Waals surface area contributed by atoms with E-state index in [0.29, 0.717) is 22.5 Å². The van der Waals surface area contributed by atoms with Crippen molar-refractivity contribution in [3.8, 4) is 11.3 Å². The number of carbonyl (C=O) groups excluding carboxylic acids is 1. The first-order valence-corrected chi connectivity index (χ1v) is 14.1. The van der Waals surface area contributed by atoms with Gasteiger partial charge in [-0.05, 0) is 57.4 Å². The number of carbonyl (C=O) groups is 1. The van der Waals surface area contributed by atoms with Crippen LogP contribution >= 0.6 is 23.2 Å². The minimum absolute atomic E-state index is 0.0393. The normalized spacial score (nSPS) is 17.2.